The molecule has 0 bridgehead atoms. The molecule has 0 radical (unpaired) electrons. The molecule has 1 N–H and O–H groups in total. The molecule has 1 aromatic carbocycles. The quantitative estimate of drug-likeness (QED) is 0.799. The second kappa shape index (κ2) is 7.80. The maximum absolute atomic E-state index is 11.6. The number of furan rings is 1. The van der Waals surface area contributed by atoms with Crippen LogP contribution in [-0.4, -0.2) is 26.2 Å². The molecular weight excluding hydrogens is 278 g/mol. The van der Waals surface area contributed by atoms with E-state index in [2.05, 4.69) is 37.4 Å². The van der Waals surface area contributed by atoms with Crippen LogP contribution in [0.25, 0.3) is 11.3 Å². The zero-order valence-electron chi connectivity index (χ0n) is 13.4. The Balaban J connectivity index is 1.91. The van der Waals surface area contributed by atoms with Crippen molar-refractivity contribution in [2.24, 2.45) is 0 Å². The zero-order chi connectivity index (χ0) is 15.9. The van der Waals surface area contributed by atoms with E-state index >= 15 is 0 Å². The van der Waals surface area contributed by atoms with Crippen LogP contribution in [0.15, 0.2) is 34.7 Å². The third-order valence-corrected chi connectivity index (χ3v) is 3.68. The normalized spacial score (nSPS) is 10.7. The molecule has 0 aliphatic heterocycles. The Morgan fingerprint density at radius 3 is 2.73 bits per heavy atom. The Kier molecular flexibility index (Phi) is 5.78. The molecule has 118 valence electrons. The smallest absolute Gasteiger partial charge is 0.220 e. The lowest BCUT2D eigenvalue weighted by molar-refractivity contribution is -0.121. The van der Waals surface area contributed by atoms with Gasteiger partial charge in [-0.05, 0) is 43.2 Å². The number of hydrogen-bond acceptors (Lipinski definition) is 3. The molecule has 4 heteroatoms. The molecule has 0 aliphatic rings. The van der Waals surface area contributed by atoms with Crippen molar-refractivity contribution in [2.45, 2.75) is 26.7 Å². The lowest BCUT2D eigenvalue weighted by atomic mass is 10.1. The van der Waals surface area contributed by atoms with E-state index in [-0.39, 0.29) is 5.91 Å². The van der Waals surface area contributed by atoms with E-state index in [1.54, 1.807) is 7.11 Å². The molecule has 1 heterocycles. The van der Waals surface area contributed by atoms with Gasteiger partial charge in [0.25, 0.3) is 0 Å². The van der Waals surface area contributed by atoms with Gasteiger partial charge in [0.05, 0.1) is 6.61 Å². The minimum Gasteiger partial charge on any atom is -0.461 e. The average Bonchev–Trinajstić information content (AvgIpc) is 2.97. The van der Waals surface area contributed by atoms with Gasteiger partial charge in [0.15, 0.2) is 0 Å². The first kappa shape index (κ1) is 16.3. The Morgan fingerprint density at radius 2 is 2.00 bits per heavy atom. The Morgan fingerprint density at radius 1 is 1.18 bits per heavy atom. The van der Waals surface area contributed by atoms with Crippen molar-refractivity contribution in [1.82, 2.24) is 5.32 Å². The van der Waals surface area contributed by atoms with Crippen LogP contribution >= 0.6 is 0 Å². The van der Waals surface area contributed by atoms with Crippen LogP contribution in [-0.2, 0) is 16.0 Å². The van der Waals surface area contributed by atoms with Gasteiger partial charge in [0.1, 0.15) is 11.5 Å². The molecule has 1 amide bonds. The van der Waals surface area contributed by atoms with E-state index < -0.39 is 0 Å². The summed E-state index contributed by atoms with van der Waals surface area (Å²) in [5.41, 5.74) is 3.58. The number of carbonyl (C=O) groups is 1. The van der Waals surface area contributed by atoms with Gasteiger partial charge in [-0.25, -0.2) is 0 Å². The number of aryl methyl sites for hydroxylation is 3. The topological polar surface area (TPSA) is 51.5 Å². The highest BCUT2D eigenvalue weighted by molar-refractivity contribution is 5.76. The highest BCUT2D eigenvalue weighted by Gasteiger charge is 2.08. The predicted octanol–water partition coefficient (Wildman–Crippen LogP) is 3.26. The molecule has 0 saturated heterocycles. The fourth-order valence-corrected chi connectivity index (χ4v) is 2.18. The van der Waals surface area contributed by atoms with E-state index in [4.69, 9.17) is 9.15 Å². The maximum Gasteiger partial charge on any atom is 0.220 e. The molecule has 4 nitrogen and oxygen atoms in total. The SMILES string of the molecule is COCCNC(=O)CCc1ccc(-c2ccc(C)c(C)c2)o1. The molecule has 0 saturated carbocycles. The number of hydrogen-bond donors (Lipinski definition) is 1. The van der Waals surface area contributed by atoms with Gasteiger partial charge in [-0.15, -0.1) is 0 Å². The van der Waals surface area contributed by atoms with Crippen molar-refractivity contribution in [2.75, 3.05) is 20.3 Å². The summed E-state index contributed by atoms with van der Waals surface area (Å²) in [7, 11) is 1.61. The van der Waals surface area contributed by atoms with Crippen molar-refractivity contribution in [3.8, 4) is 11.3 Å². The van der Waals surface area contributed by atoms with E-state index in [0.717, 1.165) is 17.1 Å². The second-order valence-corrected chi connectivity index (χ2v) is 5.41. The largest absolute Gasteiger partial charge is 0.461 e. The van der Waals surface area contributed by atoms with Gasteiger partial charge in [-0.1, -0.05) is 12.1 Å². The molecule has 0 spiro atoms. The number of ether oxygens (including phenoxy) is 1. The molecule has 0 atom stereocenters. The van der Waals surface area contributed by atoms with Gasteiger partial charge >= 0.3 is 0 Å². The monoisotopic (exact) mass is 301 g/mol. The lowest BCUT2D eigenvalue weighted by Crippen LogP contribution is -2.26. The van der Waals surface area contributed by atoms with Crippen molar-refractivity contribution >= 4 is 5.91 Å². The summed E-state index contributed by atoms with van der Waals surface area (Å²) in [6.07, 6.45) is 1.02. The van der Waals surface area contributed by atoms with E-state index in [9.17, 15) is 4.79 Å². The minimum absolute atomic E-state index is 0.0150. The van der Waals surface area contributed by atoms with Gasteiger partial charge < -0.3 is 14.5 Å². The first-order valence-electron chi connectivity index (χ1n) is 7.52. The summed E-state index contributed by atoms with van der Waals surface area (Å²) in [6, 6.07) is 10.2. The van der Waals surface area contributed by atoms with Crippen molar-refractivity contribution in [3.05, 3.63) is 47.2 Å². The molecule has 1 aromatic heterocycles. The third kappa shape index (κ3) is 4.46. The summed E-state index contributed by atoms with van der Waals surface area (Å²) >= 11 is 0. The Bertz CT molecular complexity index is 631. The summed E-state index contributed by atoms with van der Waals surface area (Å²) in [5, 5.41) is 2.80. The number of carbonyl (C=O) groups excluding carboxylic acids is 1. The molecule has 2 aromatic rings. The van der Waals surface area contributed by atoms with Crippen LogP contribution in [0.3, 0.4) is 0 Å². The van der Waals surface area contributed by atoms with Crippen LogP contribution in [0.4, 0.5) is 0 Å². The van der Waals surface area contributed by atoms with Gasteiger partial charge in [0.2, 0.25) is 5.91 Å². The highest BCUT2D eigenvalue weighted by Crippen LogP contribution is 2.24. The highest BCUT2D eigenvalue weighted by atomic mass is 16.5. The van der Waals surface area contributed by atoms with Crippen molar-refractivity contribution < 1.29 is 13.9 Å². The second-order valence-electron chi connectivity index (χ2n) is 5.41. The zero-order valence-corrected chi connectivity index (χ0v) is 13.4. The van der Waals surface area contributed by atoms with Crippen molar-refractivity contribution in [1.29, 1.82) is 0 Å². The molecule has 0 unspecified atom stereocenters. The van der Waals surface area contributed by atoms with E-state index in [1.165, 1.54) is 11.1 Å². The minimum atomic E-state index is 0.0150. The third-order valence-electron chi connectivity index (χ3n) is 3.68. The van der Waals surface area contributed by atoms with Crippen LogP contribution < -0.4 is 5.32 Å². The molecule has 0 fully saturated rings. The average molecular weight is 301 g/mol. The van der Waals surface area contributed by atoms with Crippen LogP contribution in [0.1, 0.15) is 23.3 Å². The summed E-state index contributed by atoms with van der Waals surface area (Å²) in [6.45, 7) is 5.26. The van der Waals surface area contributed by atoms with Crippen LogP contribution in [0.2, 0.25) is 0 Å². The summed E-state index contributed by atoms with van der Waals surface area (Å²) < 4.78 is 10.7. The Hall–Kier alpha value is -2.07. The maximum atomic E-state index is 11.6. The fourth-order valence-electron chi connectivity index (χ4n) is 2.18. The lowest BCUT2D eigenvalue weighted by Gasteiger charge is -2.04. The van der Waals surface area contributed by atoms with Gasteiger partial charge in [-0.2, -0.15) is 0 Å². The first-order chi connectivity index (χ1) is 10.6. The van der Waals surface area contributed by atoms with E-state index in [1.807, 2.05) is 12.1 Å². The van der Waals surface area contributed by atoms with Crippen molar-refractivity contribution in [3.63, 3.8) is 0 Å². The van der Waals surface area contributed by atoms with Gasteiger partial charge in [0, 0.05) is 32.1 Å². The van der Waals surface area contributed by atoms with Gasteiger partial charge in [-0.3, -0.25) is 4.79 Å². The first-order valence-corrected chi connectivity index (χ1v) is 7.52. The number of benzene rings is 1. The molecule has 22 heavy (non-hydrogen) atoms. The molecule has 2 rings (SSSR count). The summed E-state index contributed by atoms with van der Waals surface area (Å²) in [5.74, 6) is 1.69. The number of nitrogens with one attached hydrogen (secondary N) is 1. The molecule has 0 aliphatic carbocycles. The van der Waals surface area contributed by atoms with E-state index in [0.29, 0.717) is 26.0 Å². The number of methoxy groups -OCH3 is 1. The van der Waals surface area contributed by atoms with Crippen LogP contribution in [0, 0.1) is 13.8 Å². The Labute approximate surface area is 131 Å². The molecular formula is C18H23NO3. The van der Waals surface area contributed by atoms with Crippen LogP contribution in [0.5, 0.6) is 0 Å². The number of amides is 1. The fraction of sp³-hybridized carbons (Fsp3) is 0.389. The summed E-state index contributed by atoms with van der Waals surface area (Å²) in [4.78, 5) is 11.6. The standard InChI is InChI=1S/C18H23NO3/c1-13-4-5-15(12-14(13)2)17-8-6-16(22-17)7-9-18(20)19-10-11-21-3/h4-6,8,12H,7,9-11H2,1-3H3,(H,19,20). The predicted molar refractivity (Wildman–Crippen MR) is 86.8 cm³/mol. The number of rotatable bonds is 7.